The van der Waals surface area contributed by atoms with E-state index >= 15 is 0 Å². The highest BCUT2D eigenvalue weighted by Crippen LogP contribution is 2.28. The largest absolute Gasteiger partial charge is 0.618 e. The molecule has 0 spiro atoms. The van der Waals surface area contributed by atoms with Crippen LogP contribution in [0, 0.1) is 5.21 Å². The summed E-state index contributed by atoms with van der Waals surface area (Å²) < 4.78 is 18.9. The van der Waals surface area contributed by atoms with Crippen LogP contribution >= 0.6 is 11.3 Å². The number of benzene rings is 2. The van der Waals surface area contributed by atoms with Crippen LogP contribution < -0.4 is 19.5 Å². The van der Waals surface area contributed by atoms with Crippen LogP contribution in [0.4, 0.5) is 0 Å². The van der Waals surface area contributed by atoms with E-state index in [4.69, 9.17) is 14.2 Å². The van der Waals surface area contributed by atoms with E-state index in [9.17, 15) is 14.8 Å². The van der Waals surface area contributed by atoms with E-state index in [-0.39, 0.29) is 24.7 Å². The lowest BCUT2D eigenvalue weighted by molar-refractivity contribution is -0.608. The molecule has 5 aromatic rings. The van der Waals surface area contributed by atoms with Crippen molar-refractivity contribution < 1.29 is 28.5 Å². The Bertz CT molecular complexity index is 1670. The van der Waals surface area contributed by atoms with Crippen LogP contribution in [0.1, 0.15) is 37.7 Å². The number of carbonyl (C=O) groups excluding carboxylic acids is 2. The molecule has 0 radical (unpaired) electrons. The maximum Gasteiger partial charge on any atom is 0.349 e. The third-order valence-electron chi connectivity index (χ3n) is 6.31. The van der Waals surface area contributed by atoms with Crippen LogP contribution in [-0.4, -0.2) is 40.3 Å². The third-order valence-corrected chi connectivity index (χ3v) is 7.34. The number of carbonyl (C=O) groups is 2. The summed E-state index contributed by atoms with van der Waals surface area (Å²) in [4.78, 5) is 29.3. The number of thiazole rings is 1. The Hall–Kier alpha value is -5.23. The first-order valence-corrected chi connectivity index (χ1v) is 14.3. The van der Waals surface area contributed by atoms with Crippen LogP contribution in [0.3, 0.4) is 0 Å². The second kappa shape index (κ2) is 14.1. The fourth-order valence-electron chi connectivity index (χ4n) is 4.09. The van der Waals surface area contributed by atoms with Crippen LogP contribution in [0.15, 0.2) is 91.5 Å². The molecule has 0 saturated carbocycles. The zero-order valence-corrected chi connectivity index (χ0v) is 24.2. The molecule has 0 bridgehead atoms. The van der Waals surface area contributed by atoms with Gasteiger partial charge in [0.1, 0.15) is 23.1 Å². The van der Waals surface area contributed by atoms with Crippen molar-refractivity contribution in [1.29, 1.82) is 0 Å². The molecule has 1 amide bonds. The van der Waals surface area contributed by atoms with Crippen LogP contribution in [0.2, 0.25) is 0 Å². The molecule has 1 N–H and O–H groups in total. The van der Waals surface area contributed by atoms with E-state index in [1.807, 2.05) is 66.9 Å². The van der Waals surface area contributed by atoms with Gasteiger partial charge in [0.15, 0.2) is 5.75 Å². The molecule has 2 aromatic carbocycles. The Kier molecular flexibility index (Phi) is 9.60. The van der Waals surface area contributed by atoms with Gasteiger partial charge in [-0.25, -0.2) is 9.78 Å². The molecular weight excluding hydrogens is 570 g/mol. The number of nitrogens with one attached hydrogen (secondary N) is 1. The lowest BCUT2D eigenvalue weighted by Gasteiger charge is -2.14. The molecule has 11 nitrogen and oxygen atoms in total. The summed E-state index contributed by atoms with van der Waals surface area (Å²) in [5.41, 5.74) is 2.52. The van der Waals surface area contributed by atoms with Crippen molar-refractivity contribution in [3.05, 3.63) is 118 Å². The highest BCUT2D eigenvalue weighted by molar-refractivity contribution is 7.16. The number of aryl methyl sites for hydroxylation is 1. The first-order valence-electron chi connectivity index (χ1n) is 13.5. The number of hydrogen-bond acceptors (Lipinski definition) is 9. The highest BCUT2D eigenvalue weighted by Gasteiger charge is 2.22. The lowest BCUT2D eigenvalue weighted by atomic mass is 10.2. The van der Waals surface area contributed by atoms with E-state index in [1.165, 1.54) is 36.9 Å². The number of methoxy groups -OCH3 is 1. The number of aromatic nitrogens is 4. The van der Waals surface area contributed by atoms with Gasteiger partial charge in [0.2, 0.25) is 11.9 Å². The molecule has 0 unspecified atom stereocenters. The molecule has 0 aliphatic heterocycles. The summed E-state index contributed by atoms with van der Waals surface area (Å²) in [6, 6.07) is 20.5. The van der Waals surface area contributed by atoms with Crippen LogP contribution in [0.25, 0.3) is 10.6 Å². The van der Waals surface area contributed by atoms with E-state index in [1.54, 1.807) is 10.9 Å². The van der Waals surface area contributed by atoms with Gasteiger partial charge in [-0.15, -0.1) is 11.3 Å². The first-order chi connectivity index (χ1) is 21.0. The summed E-state index contributed by atoms with van der Waals surface area (Å²) in [6.45, 7) is 1.30. The lowest BCUT2D eigenvalue weighted by Crippen LogP contribution is -2.40. The Labute approximate surface area is 251 Å². The van der Waals surface area contributed by atoms with Crippen molar-refractivity contribution in [2.45, 2.75) is 26.2 Å². The zero-order valence-electron chi connectivity index (χ0n) is 23.3. The number of rotatable bonds is 13. The summed E-state index contributed by atoms with van der Waals surface area (Å²) >= 11 is 1.22. The first kappa shape index (κ1) is 29.3. The van der Waals surface area contributed by atoms with Crippen LogP contribution in [0.5, 0.6) is 11.5 Å². The van der Waals surface area contributed by atoms with Crippen molar-refractivity contribution in [2.75, 3.05) is 13.7 Å². The molecule has 5 rings (SSSR count). The predicted molar refractivity (Wildman–Crippen MR) is 159 cm³/mol. The normalized spacial score (nSPS) is 10.7. The summed E-state index contributed by atoms with van der Waals surface area (Å²) in [5.74, 6) is -0.442. The van der Waals surface area contributed by atoms with Crippen molar-refractivity contribution in [2.24, 2.45) is 0 Å². The average molecular weight is 600 g/mol. The molecular formula is C31H29N5O6S. The van der Waals surface area contributed by atoms with Crippen molar-refractivity contribution in [3.63, 3.8) is 0 Å². The molecule has 0 aliphatic rings. The number of pyridine rings is 1. The van der Waals surface area contributed by atoms with E-state index in [0.29, 0.717) is 39.9 Å². The van der Waals surface area contributed by atoms with E-state index in [0.717, 1.165) is 16.7 Å². The average Bonchev–Trinajstić information content (AvgIpc) is 3.72. The number of nitrogens with zero attached hydrogens (tertiary/aromatic N) is 4. The molecule has 12 heteroatoms. The molecule has 220 valence electrons. The van der Waals surface area contributed by atoms with Gasteiger partial charge in [0.25, 0.3) is 5.69 Å². The Morgan fingerprint density at radius 3 is 2.33 bits per heavy atom. The molecule has 3 heterocycles. The number of esters is 1. The molecule has 0 fully saturated rings. The molecule has 0 atom stereocenters. The Balaban J connectivity index is 1.20. The fraction of sp³-hybridized carbons (Fsp3) is 0.194. The Morgan fingerprint density at radius 2 is 1.65 bits per heavy atom. The van der Waals surface area contributed by atoms with Crippen molar-refractivity contribution in [3.8, 4) is 22.1 Å². The third kappa shape index (κ3) is 7.74. The number of hydrogen-bond donors (Lipinski definition) is 1. The number of amides is 1. The maximum absolute atomic E-state index is 13.0. The fourth-order valence-corrected chi connectivity index (χ4v) is 4.90. The minimum Gasteiger partial charge on any atom is -0.618 e. The Morgan fingerprint density at radius 1 is 0.977 bits per heavy atom. The van der Waals surface area contributed by atoms with E-state index < -0.39 is 11.9 Å². The van der Waals surface area contributed by atoms with Crippen molar-refractivity contribution in [1.82, 2.24) is 20.1 Å². The SMILES string of the molecule is COC(=O)c1cnc(-c2cnn(CCCNC(=O)c3cc(OCc4ccccc4)c(OCc4ccccc4)c[n+]3[O-])c2)s1. The quantitative estimate of drug-likeness (QED) is 0.0912. The van der Waals surface area contributed by atoms with Crippen molar-refractivity contribution >= 4 is 23.2 Å². The van der Waals surface area contributed by atoms with Gasteiger partial charge in [-0.2, -0.15) is 9.83 Å². The minimum atomic E-state index is -0.534. The second-order valence-electron chi connectivity index (χ2n) is 9.38. The summed E-state index contributed by atoms with van der Waals surface area (Å²) in [6.07, 6.45) is 6.73. The van der Waals surface area contributed by atoms with Crippen LogP contribution in [-0.2, 0) is 24.5 Å². The topological polar surface area (TPSA) is 132 Å². The van der Waals surface area contributed by atoms with E-state index in [2.05, 4.69) is 15.4 Å². The monoisotopic (exact) mass is 599 g/mol. The van der Waals surface area contributed by atoms with Gasteiger partial charge in [-0.3, -0.25) is 9.48 Å². The molecule has 43 heavy (non-hydrogen) atoms. The number of ether oxygens (including phenoxy) is 3. The van der Waals surface area contributed by atoms with Gasteiger partial charge in [0, 0.05) is 24.8 Å². The second-order valence-corrected chi connectivity index (χ2v) is 10.4. The van der Waals surface area contributed by atoms with Gasteiger partial charge in [0.05, 0.1) is 25.6 Å². The molecule has 3 aromatic heterocycles. The zero-order chi connectivity index (χ0) is 30.0. The van der Waals surface area contributed by atoms with Gasteiger partial charge < -0.3 is 24.7 Å². The van der Waals surface area contributed by atoms with Gasteiger partial charge >= 0.3 is 11.9 Å². The predicted octanol–water partition coefficient (Wildman–Crippen LogP) is 4.40. The van der Waals surface area contributed by atoms with Gasteiger partial charge in [-0.05, 0) is 17.5 Å². The molecule has 0 saturated heterocycles. The summed E-state index contributed by atoms with van der Waals surface area (Å²) in [5, 5.41) is 20.6. The summed E-state index contributed by atoms with van der Waals surface area (Å²) in [7, 11) is 1.32. The smallest absolute Gasteiger partial charge is 0.349 e. The standard InChI is InChI=1S/C31H29N5O6S/c1-40-31(38)28-17-33-30(43-28)24-16-34-35(18-24)14-8-13-32-29(37)25-15-26(41-20-22-9-4-2-5-10-22)27(19-36(25)39)42-21-23-11-6-3-7-12-23/h2-7,9-12,15-19H,8,13-14,20-21H2,1H3,(H,32,37). The maximum atomic E-state index is 13.0. The van der Waals surface area contributed by atoms with Gasteiger partial charge in [-0.1, -0.05) is 60.7 Å². The highest BCUT2D eigenvalue weighted by atomic mass is 32.1. The molecule has 0 aliphatic carbocycles. The minimum absolute atomic E-state index is 0.110.